The SMILES string of the molecule is CCCCn1c(O)c(N=NC(=O)COc2ccc(Cl)cc2Cl)c2cc(C)ccc21. The number of benzene rings is 2. The third-order valence-electron chi connectivity index (χ3n) is 4.41. The smallest absolute Gasteiger partial charge is 0.302 e. The molecule has 6 nitrogen and oxygen atoms in total. The van der Waals surface area contributed by atoms with Crippen molar-refractivity contribution in [3.63, 3.8) is 0 Å². The average Bonchev–Trinajstić information content (AvgIpc) is 2.94. The summed E-state index contributed by atoms with van der Waals surface area (Å²) in [4.78, 5) is 12.1. The molecule has 0 saturated carbocycles. The second-order valence-corrected chi connectivity index (χ2v) is 7.50. The standard InChI is InChI=1S/C21H21Cl2N3O3/c1-3-4-9-26-17-7-5-13(2)10-15(17)20(21(26)28)25-24-19(27)12-29-18-8-6-14(22)11-16(18)23/h5-8,10-11,28H,3-4,9,12H2,1-2H3. The predicted molar refractivity (Wildman–Crippen MR) is 115 cm³/mol. The van der Waals surface area contributed by atoms with Crippen LogP contribution in [0.4, 0.5) is 5.69 Å². The van der Waals surface area contributed by atoms with Gasteiger partial charge in [0.1, 0.15) is 5.75 Å². The maximum absolute atomic E-state index is 12.1. The van der Waals surface area contributed by atoms with Gasteiger partial charge in [0.25, 0.3) is 0 Å². The Hall–Kier alpha value is -2.57. The number of unbranched alkanes of at least 4 members (excludes halogenated alkanes) is 1. The van der Waals surface area contributed by atoms with Gasteiger partial charge in [0.2, 0.25) is 5.88 Å². The molecule has 0 bridgehead atoms. The summed E-state index contributed by atoms with van der Waals surface area (Å²) in [6.07, 6.45) is 1.90. The predicted octanol–water partition coefficient (Wildman–Crippen LogP) is 6.45. The van der Waals surface area contributed by atoms with E-state index in [2.05, 4.69) is 17.2 Å². The van der Waals surface area contributed by atoms with Crippen molar-refractivity contribution in [3.05, 3.63) is 52.0 Å². The van der Waals surface area contributed by atoms with Crippen LogP contribution in [0.2, 0.25) is 10.0 Å². The Balaban J connectivity index is 1.81. The molecule has 0 aliphatic heterocycles. The first kappa shape index (κ1) is 21.1. The molecule has 0 spiro atoms. The van der Waals surface area contributed by atoms with Crippen LogP contribution in [0.25, 0.3) is 10.9 Å². The van der Waals surface area contributed by atoms with Gasteiger partial charge in [-0.25, -0.2) is 0 Å². The van der Waals surface area contributed by atoms with Crippen molar-refractivity contribution in [2.24, 2.45) is 10.2 Å². The van der Waals surface area contributed by atoms with Crippen molar-refractivity contribution in [1.29, 1.82) is 0 Å². The van der Waals surface area contributed by atoms with E-state index in [-0.39, 0.29) is 18.2 Å². The molecule has 3 rings (SSSR count). The molecule has 29 heavy (non-hydrogen) atoms. The topological polar surface area (TPSA) is 76.2 Å². The number of nitrogens with zero attached hydrogens (tertiary/aromatic N) is 3. The number of fused-ring (bicyclic) bond motifs is 1. The third-order valence-corrected chi connectivity index (χ3v) is 4.94. The quantitative estimate of drug-likeness (QED) is 0.434. The average molecular weight is 434 g/mol. The van der Waals surface area contributed by atoms with Crippen molar-refractivity contribution in [2.45, 2.75) is 33.2 Å². The maximum atomic E-state index is 12.1. The van der Waals surface area contributed by atoms with Gasteiger partial charge < -0.3 is 14.4 Å². The number of aromatic hydroxyl groups is 1. The van der Waals surface area contributed by atoms with Gasteiger partial charge in [-0.15, -0.1) is 10.2 Å². The van der Waals surface area contributed by atoms with Crippen LogP contribution in [0.3, 0.4) is 0 Å². The second kappa shape index (κ2) is 9.29. The Bertz CT molecular complexity index is 1080. The molecule has 0 saturated heterocycles. The van der Waals surface area contributed by atoms with E-state index in [1.54, 1.807) is 16.7 Å². The van der Waals surface area contributed by atoms with Crippen LogP contribution in [-0.4, -0.2) is 22.2 Å². The van der Waals surface area contributed by atoms with Gasteiger partial charge in [0.15, 0.2) is 12.3 Å². The zero-order valence-corrected chi connectivity index (χ0v) is 17.7. The lowest BCUT2D eigenvalue weighted by Gasteiger charge is -2.05. The molecule has 0 radical (unpaired) electrons. The van der Waals surface area contributed by atoms with E-state index >= 15 is 0 Å². The number of halogens is 2. The fraction of sp³-hybridized carbons (Fsp3) is 0.286. The summed E-state index contributed by atoms with van der Waals surface area (Å²) in [6.45, 7) is 4.36. The number of aromatic nitrogens is 1. The van der Waals surface area contributed by atoms with Gasteiger partial charge in [-0.1, -0.05) is 48.2 Å². The highest BCUT2D eigenvalue weighted by atomic mass is 35.5. The van der Waals surface area contributed by atoms with Gasteiger partial charge in [-0.05, 0) is 43.7 Å². The maximum Gasteiger partial charge on any atom is 0.302 e. The highest BCUT2D eigenvalue weighted by molar-refractivity contribution is 6.35. The van der Waals surface area contributed by atoms with E-state index in [9.17, 15) is 9.90 Å². The van der Waals surface area contributed by atoms with E-state index in [0.29, 0.717) is 22.3 Å². The number of amides is 1. The summed E-state index contributed by atoms with van der Waals surface area (Å²) in [7, 11) is 0. The van der Waals surface area contributed by atoms with Crippen LogP contribution < -0.4 is 4.74 Å². The highest BCUT2D eigenvalue weighted by Gasteiger charge is 2.17. The highest BCUT2D eigenvalue weighted by Crippen LogP contribution is 2.39. The fourth-order valence-electron chi connectivity index (χ4n) is 2.94. The summed E-state index contributed by atoms with van der Waals surface area (Å²) in [6, 6.07) is 10.5. The molecule has 8 heteroatoms. The lowest BCUT2D eigenvalue weighted by molar-refractivity contribution is -0.120. The molecule has 1 aromatic heterocycles. The van der Waals surface area contributed by atoms with Gasteiger partial charge >= 0.3 is 5.91 Å². The summed E-state index contributed by atoms with van der Waals surface area (Å²) >= 11 is 11.9. The van der Waals surface area contributed by atoms with Crippen LogP contribution in [0.1, 0.15) is 25.3 Å². The summed E-state index contributed by atoms with van der Waals surface area (Å²) in [5.41, 5.74) is 2.15. The summed E-state index contributed by atoms with van der Waals surface area (Å²) in [5, 5.41) is 19.9. The Labute approximate surface area is 178 Å². The molecule has 0 fully saturated rings. The number of carbonyl (C=O) groups is 1. The third kappa shape index (κ3) is 4.89. The van der Waals surface area contributed by atoms with Crippen LogP contribution in [0.15, 0.2) is 46.6 Å². The largest absolute Gasteiger partial charge is 0.493 e. The minimum Gasteiger partial charge on any atom is -0.493 e. The molecule has 0 unspecified atom stereocenters. The van der Waals surface area contributed by atoms with E-state index < -0.39 is 5.91 Å². The Morgan fingerprint density at radius 1 is 1.21 bits per heavy atom. The molecule has 2 aromatic carbocycles. The minimum absolute atomic E-state index is 0.00253. The Kier molecular flexibility index (Phi) is 6.77. The van der Waals surface area contributed by atoms with Crippen molar-refractivity contribution in [3.8, 4) is 11.6 Å². The van der Waals surface area contributed by atoms with Gasteiger partial charge in [-0.3, -0.25) is 4.79 Å². The van der Waals surface area contributed by atoms with Crippen molar-refractivity contribution >= 4 is 45.7 Å². The number of carbonyl (C=O) groups excluding carboxylic acids is 1. The van der Waals surface area contributed by atoms with Crippen molar-refractivity contribution in [2.75, 3.05) is 6.61 Å². The molecule has 1 N–H and O–H groups in total. The Morgan fingerprint density at radius 3 is 2.72 bits per heavy atom. The van der Waals surface area contributed by atoms with Crippen molar-refractivity contribution in [1.82, 2.24) is 4.57 Å². The first-order chi connectivity index (χ1) is 13.9. The fourth-order valence-corrected chi connectivity index (χ4v) is 3.41. The molecular formula is C21H21Cl2N3O3. The van der Waals surface area contributed by atoms with E-state index in [1.165, 1.54) is 6.07 Å². The van der Waals surface area contributed by atoms with Crippen LogP contribution in [-0.2, 0) is 11.3 Å². The summed E-state index contributed by atoms with van der Waals surface area (Å²) in [5.74, 6) is -0.274. The Morgan fingerprint density at radius 2 is 2.00 bits per heavy atom. The van der Waals surface area contributed by atoms with Gasteiger partial charge in [-0.2, -0.15) is 0 Å². The monoisotopic (exact) mass is 433 g/mol. The number of azo groups is 1. The number of aryl methyl sites for hydroxylation is 2. The van der Waals surface area contributed by atoms with Crippen LogP contribution in [0, 0.1) is 6.92 Å². The lowest BCUT2D eigenvalue weighted by atomic mass is 10.1. The zero-order chi connectivity index (χ0) is 21.0. The molecule has 0 aliphatic carbocycles. The first-order valence-electron chi connectivity index (χ1n) is 9.25. The number of rotatable bonds is 7. The van der Waals surface area contributed by atoms with E-state index in [4.69, 9.17) is 27.9 Å². The normalized spacial score (nSPS) is 11.4. The second-order valence-electron chi connectivity index (χ2n) is 6.66. The molecule has 0 aliphatic rings. The zero-order valence-electron chi connectivity index (χ0n) is 16.2. The molecule has 0 atom stereocenters. The minimum atomic E-state index is -0.600. The molecule has 152 valence electrons. The summed E-state index contributed by atoms with van der Waals surface area (Å²) < 4.78 is 7.17. The van der Waals surface area contributed by atoms with E-state index in [1.807, 2.05) is 25.1 Å². The lowest BCUT2D eigenvalue weighted by Crippen LogP contribution is -2.08. The molecule has 3 aromatic rings. The molecule has 1 amide bonds. The van der Waals surface area contributed by atoms with Gasteiger partial charge in [0, 0.05) is 17.0 Å². The van der Waals surface area contributed by atoms with Crippen molar-refractivity contribution < 1.29 is 14.6 Å². The molecular weight excluding hydrogens is 413 g/mol. The number of hydrogen-bond acceptors (Lipinski definition) is 4. The van der Waals surface area contributed by atoms with Gasteiger partial charge in [0.05, 0.1) is 10.5 Å². The molecule has 1 heterocycles. The first-order valence-corrected chi connectivity index (χ1v) is 10.0. The number of hydrogen-bond donors (Lipinski definition) is 1. The van der Waals surface area contributed by atoms with Crippen LogP contribution in [0.5, 0.6) is 11.6 Å². The van der Waals surface area contributed by atoms with Crippen LogP contribution >= 0.6 is 23.2 Å². The van der Waals surface area contributed by atoms with E-state index in [0.717, 1.165) is 29.3 Å². The number of ether oxygens (including phenoxy) is 1.